The van der Waals surface area contributed by atoms with Crippen LogP contribution in [0.4, 0.5) is 5.69 Å². The van der Waals surface area contributed by atoms with Gasteiger partial charge in [-0.25, -0.2) is 0 Å². The van der Waals surface area contributed by atoms with Crippen molar-refractivity contribution in [2.75, 3.05) is 19.0 Å². The minimum Gasteiger partial charge on any atom is -0.497 e. The molecule has 6 heteroatoms. The largest absolute Gasteiger partial charge is 0.497 e. The highest BCUT2D eigenvalue weighted by atomic mass is 16.5. The Labute approximate surface area is 117 Å². The van der Waals surface area contributed by atoms with E-state index < -0.39 is 0 Å². The van der Waals surface area contributed by atoms with Crippen molar-refractivity contribution in [3.63, 3.8) is 0 Å². The Bertz CT molecular complexity index is 516. The summed E-state index contributed by atoms with van der Waals surface area (Å²) in [4.78, 5) is 23.3. The third kappa shape index (κ3) is 3.20. The lowest BCUT2D eigenvalue weighted by molar-refractivity contribution is -0.143. The van der Waals surface area contributed by atoms with Crippen molar-refractivity contribution in [1.29, 1.82) is 0 Å². The van der Waals surface area contributed by atoms with Gasteiger partial charge in [-0.15, -0.1) is 0 Å². The van der Waals surface area contributed by atoms with Crippen LogP contribution in [-0.4, -0.2) is 31.8 Å². The summed E-state index contributed by atoms with van der Waals surface area (Å²) in [5, 5.41) is 5.99. The van der Waals surface area contributed by atoms with Gasteiger partial charge in [0.1, 0.15) is 5.75 Å². The van der Waals surface area contributed by atoms with Crippen LogP contribution in [0.1, 0.15) is 30.1 Å². The summed E-state index contributed by atoms with van der Waals surface area (Å²) in [6.45, 7) is 2.13. The lowest BCUT2D eigenvalue weighted by Gasteiger charge is -2.27. The fourth-order valence-corrected chi connectivity index (χ4v) is 2.06. The van der Waals surface area contributed by atoms with E-state index in [0.717, 1.165) is 5.69 Å². The van der Waals surface area contributed by atoms with Gasteiger partial charge >= 0.3 is 5.97 Å². The van der Waals surface area contributed by atoms with E-state index >= 15 is 0 Å². The van der Waals surface area contributed by atoms with E-state index in [2.05, 4.69) is 10.6 Å². The van der Waals surface area contributed by atoms with Crippen LogP contribution in [0, 0.1) is 0 Å². The first-order valence-corrected chi connectivity index (χ1v) is 6.55. The monoisotopic (exact) mass is 278 g/mol. The molecule has 0 spiro atoms. The van der Waals surface area contributed by atoms with Gasteiger partial charge < -0.3 is 20.1 Å². The predicted octanol–water partition coefficient (Wildman–Crippen LogP) is 1.52. The molecule has 0 aromatic heterocycles. The standard InChI is InChI=1S/C14H18N2O4/c1-3-20-13(17)7-6-12-15-11-5-4-9(19-2)8-10(11)14(18)16-12/h4-5,8,12,15H,3,6-7H2,1-2H3,(H,16,18). The maximum Gasteiger partial charge on any atom is 0.305 e. The molecule has 0 bridgehead atoms. The average molecular weight is 278 g/mol. The van der Waals surface area contributed by atoms with Crippen LogP contribution in [0.2, 0.25) is 0 Å². The number of methoxy groups -OCH3 is 1. The smallest absolute Gasteiger partial charge is 0.305 e. The summed E-state index contributed by atoms with van der Waals surface area (Å²) in [6.07, 6.45) is 0.473. The van der Waals surface area contributed by atoms with Crippen molar-refractivity contribution >= 4 is 17.6 Å². The number of rotatable bonds is 5. The van der Waals surface area contributed by atoms with Crippen molar-refractivity contribution in [2.45, 2.75) is 25.9 Å². The molecule has 0 saturated carbocycles. The Morgan fingerprint density at radius 1 is 1.35 bits per heavy atom. The average Bonchev–Trinajstić information content (AvgIpc) is 2.45. The van der Waals surface area contributed by atoms with Crippen molar-refractivity contribution < 1.29 is 19.1 Å². The second kappa shape index (κ2) is 6.27. The number of carbonyl (C=O) groups is 2. The lowest BCUT2D eigenvalue weighted by Crippen LogP contribution is -2.45. The number of amides is 1. The van der Waals surface area contributed by atoms with Crippen molar-refractivity contribution in [3.05, 3.63) is 23.8 Å². The molecule has 2 rings (SSSR count). The Hall–Kier alpha value is -2.24. The predicted molar refractivity (Wildman–Crippen MR) is 73.7 cm³/mol. The van der Waals surface area contributed by atoms with E-state index in [9.17, 15) is 9.59 Å². The van der Waals surface area contributed by atoms with Gasteiger partial charge in [-0.2, -0.15) is 0 Å². The molecule has 20 heavy (non-hydrogen) atoms. The first kappa shape index (κ1) is 14.2. The molecule has 1 aromatic carbocycles. The fourth-order valence-electron chi connectivity index (χ4n) is 2.06. The van der Waals surface area contributed by atoms with Crippen molar-refractivity contribution in [1.82, 2.24) is 5.32 Å². The zero-order valence-corrected chi connectivity index (χ0v) is 11.6. The molecule has 108 valence electrons. The summed E-state index contributed by atoms with van der Waals surface area (Å²) < 4.78 is 9.96. The normalized spacial score (nSPS) is 16.7. The van der Waals surface area contributed by atoms with Crippen LogP contribution >= 0.6 is 0 Å². The first-order valence-electron chi connectivity index (χ1n) is 6.55. The van der Waals surface area contributed by atoms with Crippen LogP contribution in [0.15, 0.2) is 18.2 Å². The van der Waals surface area contributed by atoms with Gasteiger partial charge in [-0.05, 0) is 31.5 Å². The molecule has 1 amide bonds. The highest BCUT2D eigenvalue weighted by Crippen LogP contribution is 2.25. The Morgan fingerprint density at radius 2 is 2.15 bits per heavy atom. The van der Waals surface area contributed by atoms with Gasteiger partial charge in [0.15, 0.2) is 0 Å². The summed E-state index contributed by atoms with van der Waals surface area (Å²) >= 11 is 0. The van der Waals surface area contributed by atoms with Gasteiger partial charge in [0.05, 0.1) is 25.4 Å². The van der Waals surface area contributed by atoms with Crippen LogP contribution in [0.5, 0.6) is 5.75 Å². The third-order valence-corrected chi connectivity index (χ3v) is 3.05. The molecule has 0 saturated heterocycles. The zero-order chi connectivity index (χ0) is 14.5. The molecule has 1 unspecified atom stereocenters. The molecule has 1 aromatic rings. The summed E-state index contributed by atoms with van der Waals surface area (Å²) in [7, 11) is 1.55. The van der Waals surface area contributed by atoms with E-state index in [1.807, 2.05) is 0 Å². The molecule has 0 radical (unpaired) electrons. The maximum atomic E-state index is 12.0. The van der Waals surface area contributed by atoms with Gasteiger partial charge in [0, 0.05) is 12.1 Å². The second-order valence-electron chi connectivity index (χ2n) is 4.43. The first-order chi connectivity index (χ1) is 9.63. The number of carbonyl (C=O) groups excluding carboxylic acids is 2. The van der Waals surface area contributed by atoms with Crippen LogP contribution in [0.3, 0.4) is 0 Å². The second-order valence-corrected chi connectivity index (χ2v) is 4.43. The summed E-state index contributed by atoms with van der Waals surface area (Å²) in [6, 6.07) is 5.26. The minimum absolute atomic E-state index is 0.175. The SMILES string of the molecule is CCOC(=O)CCC1NC(=O)c2cc(OC)ccc2N1. The topological polar surface area (TPSA) is 76.7 Å². The number of hydrogen-bond donors (Lipinski definition) is 2. The highest BCUT2D eigenvalue weighted by Gasteiger charge is 2.24. The van der Waals surface area contributed by atoms with Crippen molar-refractivity contribution in [2.24, 2.45) is 0 Å². The van der Waals surface area contributed by atoms with Crippen LogP contribution in [-0.2, 0) is 9.53 Å². The molecular weight excluding hydrogens is 260 g/mol. The Balaban J connectivity index is 2.01. The van der Waals surface area contributed by atoms with E-state index in [-0.39, 0.29) is 24.5 Å². The summed E-state index contributed by atoms with van der Waals surface area (Å²) in [5.74, 6) is 0.196. The number of ether oxygens (including phenoxy) is 2. The number of nitrogens with one attached hydrogen (secondary N) is 2. The quantitative estimate of drug-likeness (QED) is 0.799. The highest BCUT2D eigenvalue weighted by molar-refractivity contribution is 6.02. The number of esters is 1. The van der Waals surface area contributed by atoms with E-state index in [4.69, 9.17) is 9.47 Å². The van der Waals surface area contributed by atoms with Gasteiger partial charge in [0.25, 0.3) is 5.91 Å². The molecule has 0 aliphatic carbocycles. The molecule has 1 aliphatic heterocycles. The van der Waals surface area contributed by atoms with Gasteiger partial charge in [-0.3, -0.25) is 9.59 Å². The Kier molecular flexibility index (Phi) is 4.45. The van der Waals surface area contributed by atoms with Crippen molar-refractivity contribution in [3.8, 4) is 5.75 Å². The zero-order valence-electron chi connectivity index (χ0n) is 11.6. The molecule has 2 N–H and O–H groups in total. The number of anilines is 1. The third-order valence-electron chi connectivity index (χ3n) is 3.05. The molecule has 6 nitrogen and oxygen atoms in total. The number of fused-ring (bicyclic) bond motifs is 1. The number of benzene rings is 1. The van der Waals surface area contributed by atoms with Crippen LogP contribution < -0.4 is 15.4 Å². The van der Waals surface area contributed by atoms with E-state index in [1.165, 1.54) is 0 Å². The molecule has 1 atom stereocenters. The molecule has 0 fully saturated rings. The van der Waals surface area contributed by atoms with E-state index in [0.29, 0.717) is 24.3 Å². The minimum atomic E-state index is -0.271. The van der Waals surface area contributed by atoms with Crippen LogP contribution in [0.25, 0.3) is 0 Å². The fraction of sp³-hybridized carbons (Fsp3) is 0.429. The Morgan fingerprint density at radius 3 is 2.85 bits per heavy atom. The molecule has 1 aliphatic rings. The summed E-state index contributed by atoms with van der Waals surface area (Å²) in [5.41, 5.74) is 1.28. The maximum absolute atomic E-state index is 12.0. The van der Waals surface area contributed by atoms with Gasteiger partial charge in [-0.1, -0.05) is 0 Å². The van der Waals surface area contributed by atoms with E-state index in [1.54, 1.807) is 32.2 Å². The number of hydrogen-bond acceptors (Lipinski definition) is 5. The van der Waals surface area contributed by atoms with Gasteiger partial charge in [0.2, 0.25) is 0 Å². The molecule has 1 heterocycles. The lowest BCUT2D eigenvalue weighted by atomic mass is 10.1. The molecular formula is C14H18N2O4.